The lowest BCUT2D eigenvalue weighted by atomic mass is 10.3. The Balaban J connectivity index is 2.54. The molecule has 1 aromatic rings. The molecule has 0 bridgehead atoms. The average molecular weight is 264 g/mol. The van der Waals surface area contributed by atoms with Crippen molar-refractivity contribution in [2.24, 2.45) is 0 Å². The number of rotatable bonds is 3. The van der Waals surface area contributed by atoms with Crippen molar-refractivity contribution in [3.8, 4) is 0 Å². The summed E-state index contributed by atoms with van der Waals surface area (Å²) in [4.78, 5) is 16.3. The van der Waals surface area contributed by atoms with Gasteiger partial charge < -0.3 is 0 Å². The molecule has 1 aromatic heterocycles. The summed E-state index contributed by atoms with van der Waals surface area (Å²) in [5.41, 5.74) is 2.97. The summed E-state index contributed by atoms with van der Waals surface area (Å²) in [6.45, 7) is 3.70. The Morgan fingerprint density at radius 1 is 1.69 bits per heavy atom. The Kier molecular flexibility index (Phi) is 3.90. The quantitative estimate of drug-likeness (QED) is 0.852. The van der Waals surface area contributed by atoms with E-state index in [9.17, 15) is 4.79 Å². The number of halogens is 1. The van der Waals surface area contributed by atoms with Crippen LogP contribution < -0.4 is 5.48 Å². The van der Waals surface area contributed by atoms with Crippen molar-refractivity contribution in [3.05, 3.63) is 20.8 Å². The molecule has 3 nitrogen and oxygen atoms in total. The Morgan fingerprint density at radius 3 is 2.85 bits per heavy atom. The van der Waals surface area contributed by atoms with Crippen LogP contribution >= 0.6 is 27.3 Å². The largest absolute Gasteiger partial charge is 0.276 e. The van der Waals surface area contributed by atoms with Crippen molar-refractivity contribution in [1.29, 1.82) is 0 Å². The van der Waals surface area contributed by atoms with Gasteiger partial charge in [-0.15, -0.1) is 11.3 Å². The predicted octanol–water partition coefficient (Wildman–Crippen LogP) is 2.58. The van der Waals surface area contributed by atoms with Crippen molar-refractivity contribution >= 4 is 33.2 Å². The van der Waals surface area contributed by atoms with Gasteiger partial charge in [-0.05, 0) is 41.2 Å². The van der Waals surface area contributed by atoms with Crippen LogP contribution in [0.4, 0.5) is 0 Å². The van der Waals surface area contributed by atoms with Gasteiger partial charge in [0.1, 0.15) is 0 Å². The molecule has 1 heterocycles. The number of hydrogen-bond donors (Lipinski definition) is 1. The maximum absolute atomic E-state index is 11.4. The van der Waals surface area contributed by atoms with Gasteiger partial charge in [0, 0.05) is 0 Å². The number of nitrogens with one attached hydrogen (secondary N) is 1. The second-order valence-electron chi connectivity index (χ2n) is 2.71. The van der Waals surface area contributed by atoms with Crippen LogP contribution in [0, 0.1) is 0 Å². The SMILES string of the molecule is CC(C)ONC(=O)c1ccsc1Br. The standard InChI is InChI=1S/C8H10BrNO2S/c1-5(2)12-10-8(11)6-3-4-13-7(6)9/h3-5H,1-2H3,(H,10,11). The van der Waals surface area contributed by atoms with E-state index in [2.05, 4.69) is 21.4 Å². The zero-order valence-electron chi connectivity index (χ0n) is 7.33. The third kappa shape index (κ3) is 3.10. The van der Waals surface area contributed by atoms with Gasteiger partial charge in [-0.1, -0.05) is 0 Å². The minimum atomic E-state index is -0.221. The molecule has 0 aliphatic carbocycles. The molecular formula is C8H10BrNO2S. The van der Waals surface area contributed by atoms with Crippen molar-refractivity contribution < 1.29 is 9.63 Å². The Bertz CT molecular complexity index is 298. The molecule has 0 spiro atoms. The first-order chi connectivity index (χ1) is 6.11. The summed E-state index contributed by atoms with van der Waals surface area (Å²) in [5, 5.41) is 1.84. The molecule has 0 aliphatic rings. The molecule has 1 N–H and O–H groups in total. The van der Waals surface area contributed by atoms with Gasteiger partial charge in [-0.25, -0.2) is 5.48 Å². The number of carbonyl (C=O) groups is 1. The predicted molar refractivity (Wildman–Crippen MR) is 55.7 cm³/mol. The van der Waals surface area contributed by atoms with Gasteiger partial charge in [0.05, 0.1) is 15.5 Å². The summed E-state index contributed by atoms with van der Waals surface area (Å²) < 4.78 is 0.817. The molecule has 13 heavy (non-hydrogen) atoms. The first-order valence-corrected chi connectivity index (χ1v) is 5.47. The van der Waals surface area contributed by atoms with E-state index in [1.807, 2.05) is 19.2 Å². The molecule has 5 heteroatoms. The fourth-order valence-electron chi connectivity index (χ4n) is 0.682. The topological polar surface area (TPSA) is 38.3 Å². The molecule has 0 radical (unpaired) electrons. The fourth-order valence-corrected chi connectivity index (χ4v) is 1.93. The fraction of sp³-hybridized carbons (Fsp3) is 0.375. The molecule has 72 valence electrons. The molecule has 0 fully saturated rings. The molecular weight excluding hydrogens is 254 g/mol. The summed E-state index contributed by atoms with van der Waals surface area (Å²) in [5.74, 6) is -0.221. The number of hydrogen-bond acceptors (Lipinski definition) is 3. The first-order valence-electron chi connectivity index (χ1n) is 3.80. The zero-order chi connectivity index (χ0) is 9.84. The summed E-state index contributed by atoms with van der Waals surface area (Å²) in [6.07, 6.45) is -0.0126. The van der Waals surface area contributed by atoms with Crippen LogP contribution in [0.5, 0.6) is 0 Å². The van der Waals surface area contributed by atoms with E-state index in [4.69, 9.17) is 4.84 Å². The molecule has 0 unspecified atom stereocenters. The van der Waals surface area contributed by atoms with Crippen LogP contribution in [0.3, 0.4) is 0 Å². The highest BCUT2D eigenvalue weighted by atomic mass is 79.9. The minimum Gasteiger partial charge on any atom is -0.271 e. The van der Waals surface area contributed by atoms with E-state index in [0.717, 1.165) is 3.79 Å². The van der Waals surface area contributed by atoms with Crippen molar-refractivity contribution in [2.45, 2.75) is 20.0 Å². The van der Waals surface area contributed by atoms with Gasteiger partial charge in [0.2, 0.25) is 0 Å². The van der Waals surface area contributed by atoms with Crippen molar-refractivity contribution in [3.63, 3.8) is 0 Å². The van der Waals surface area contributed by atoms with Gasteiger partial charge >= 0.3 is 0 Å². The van der Waals surface area contributed by atoms with Gasteiger partial charge in [-0.3, -0.25) is 9.63 Å². The lowest BCUT2D eigenvalue weighted by Gasteiger charge is -2.07. The Hall–Kier alpha value is -0.390. The molecule has 0 aliphatic heterocycles. The third-order valence-corrected chi connectivity index (χ3v) is 2.94. The lowest BCUT2D eigenvalue weighted by molar-refractivity contribution is 0.000174. The van der Waals surface area contributed by atoms with E-state index in [0.29, 0.717) is 5.56 Å². The number of hydroxylamine groups is 1. The summed E-state index contributed by atoms with van der Waals surface area (Å²) >= 11 is 4.74. The van der Waals surface area contributed by atoms with E-state index in [-0.39, 0.29) is 12.0 Å². The number of thiophene rings is 1. The van der Waals surface area contributed by atoms with Gasteiger partial charge in [-0.2, -0.15) is 0 Å². The second-order valence-corrected chi connectivity index (χ2v) is 4.94. The lowest BCUT2D eigenvalue weighted by Crippen LogP contribution is -2.26. The Labute approximate surface area is 89.2 Å². The highest BCUT2D eigenvalue weighted by Crippen LogP contribution is 2.22. The van der Waals surface area contributed by atoms with Crippen LogP contribution in [-0.4, -0.2) is 12.0 Å². The van der Waals surface area contributed by atoms with E-state index in [1.54, 1.807) is 6.07 Å². The highest BCUT2D eigenvalue weighted by Gasteiger charge is 2.10. The molecule has 1 rings (SSSR count). The van der Waals surface area contributed by atoms with E-state index >= 15 is 0 Å². The van der Waals surface area contributed by atoms with Crippen molar-refractivity contribution in [2.75, 3.05) is 0 Å². The number of amides is 1. The van der Waals surface area contributed by atoms with Gasteiger partial charge in [0.15, 0.2) is 0 Å². The van der Waals surface area contributed by atoms with Crippen LogP contribution in [-0.2, 0) is 4.84 Å². The number of carbonyl (C=O) groups excluding carboxylic acids is 1. The van der Waals surface area contributed by atoms with E-state index < -0.39 is 0 Å². The minimum absolute atomic E-state index is 0.0126. The molecule has 0 atom stereocenters. The molecule has 0 saturated carbocycles. The maximum Gasteiger partial charge on any atom is 0.276 e. The molecule has 0 aromatic carbocycles. The van der Waals surface area contributed by atoms with E-state index in [1.165, 1.54) is 11.3 Å². The Morgan fingerprint density at radius 2 is 2.38 bits per heavy atom. The molecule has 0 saturated heterocycles. The van der Waals surface area contributed by atoms with Crippen LogP contribution in [0.25, 0.3) is 0 Å². The summed E-state index contributed by atoms with van der Waals surface area (Å²) in [6, 6.07) is 1.74. The second kappa shape index (κ2) is 4.74. The zero-order valence-corrected chi connectivity index (χ0v) is 9.74. The molecule has 1 amide bonds. The summed E-state index contributed by atoms with van der Waals surface area (Å²) in [7, 11) is 0. The smallest absolute Gasteiger partial charge is 0.271 e. The van der Waals surface area contributed by atoms with Gasteiger partial charge in [0.25, 0.3) is 5.91 Å². The monoisotopic (exact) mass is 263 g/mol. The van der Waals surface area contributed by atoms with Crippen LogP contribution in [0.1, 0.15) is 24.2 Å². The van der Waals surface area contributed by atoms with Crippen LogP contribution in [0.2, 0.25) is 0 Å². The average Bonchev–Trinajstić information content (AvgIpc) is 2.47. The third-order valence-electron chi connectivity index (χ3n) is 1.25. The van der Waals surface area contributed by atoms with Crippen LogP contribution in [0.15, 0.2) is 15.2 Å². The van der Waals surface area contributed by atoms with Crippen molar-refractivity contribution in [1.82, 2.24) is 5.48 Å². The first kappa shape index (κ1) is 10.7. The maximum atomic E-state index is 11.4. The highest BCUT2D eigenvalue weighted by molar-refractivity contribution is 9.11. The normalized spacial score (nSPS) is 10.5.